The van der Waals surface area contributed by atoms with Crippen LogP contribution in [0.2, 0.25) is 0 Å². The lowest BCUT2D eigenvalue weighted by atomic mass is 10.1. The zero-order chi connectivity index (χ0) is 17.1. The molecule has 1 aliphatic heterocycles. The predicted molar refractivity (Wildman–Crippen MR) is 96.2 cm³/mol. The molecule has 2 amide bonds. The highest BCUT2D eigenvalue weighted by Gasteiger charge is 2.19. The second-order valence-electron chi connectivity index (χ2n) is 6.54. The number of amides is 2. The summed E-state index contributed by atoms with van der Waals surface area (Å²) in [5, 5.41) is 6.99. The molecule has 1 N–H and O–H groups in total. The Balaban J connectivity index is 1.52. The van der Waals surface area contributed by atoms with Crippen molar-refractivity contribution in [3.63, 3.8) is 0 Å². The number of urea groups is 1. The van der Waals surface area contributed by atoms with E-state index in [9.17, 15) is 4.79 Å². The van der Waals surface area contributed by atoms with Crippen molar-refractivity contribution in [1.29, 1.82) is 0 Å². The van der Waals surface area contributed by atoms with Crippen molar-refractivity contribution in [1.82, 2.24) is 15.5 Å². The zero-order valence-electron chi connectivity index (χ0n) is 14.2. The molecule has 0 bridgehead atoms. The van der Waals surface area contributed by atoms with Crippen LogP contribution in [0, 0.1) is 0 Å². The van der Waals surface area contributed by atoms with Crippen molar-refractivity contribution in [2.45, 2.75) is 38.5 Å². The number of aromatic nitrogens is 2. The number of carbonyl (C=O) groups excluding carboxylic acids is 1. The molecule has 0 unspecified atom stereocenters. The highest BCUT2D eigenvalue weighted by atomic mass is 16.5. The molecule has 2 aromatic rings. The van der Waals surface area contributed by atoms with Gasteiger partial charge in [0, 0.05) is 29.9 Å². The normalized spacial score (nSPS) is 18.5. The second kappa shape index (κ2) is 7.09. The van der Waals surface area contributed by atoms with Gasteiger partial charge in [0.2, 0.25) is 5.82 Å². The van der Waals surface area contributed by atoms with Crippen LogP contribution in [0.3, 0.4) is 0 Å². The number of hydrogen-bond donors (Lipinski definition) is 1. The van der Waals surface area contributed by atoms with Crippen molar-refractivity contribution >= 4 is 17.3 Å². The summed E-state index contributed by atoms with van der Waals surface area (Å²) in [6.07, 6.45) is 8.93. The predicted octanol–water partition coefficient (Wildman–Crippen LogP) is 4.00. The van der Waals surface area contributed by atoms with E-state index in [-0.39, 0.29) is 6.03 Å². The van der Waals surface area contributed by atoms with Crippen LogP contribution in [0.1, 0.15) is 44.4 Å². The summed E-state index contributed by atoms with van der Waals surface area (Å²) in [5.41, 5.74) is 2.94. The Morgan fingerprint density at radius 3 is 2.80 bits per heavy atom. The molecular formula is C19H22N4O2. The third-order valence-electron chi connectivity index (χ3n) is 4.76. The van der Waals surface area contributed by atoms with Gasteiger partial charge in [0.15, 0.2) is 0 Å². The van der Waals surface area contributed by atoms with Crippen molar-refractivity contribution in [2.24, 2.45) is 0 Å². The van der Waals surface area contributed by atoms with E-state index >= 15 is 0 Å². The summed E-state index contributed by atoms with van der Waals surface area (Å²) in [6.45, 7) is 1.49. The van der Waals surface area contributed by atoms with Gasteiger partial charge in [-0.15, -0.1) is 0 Å². The minimum atomic E-state index is -0.0406. The van der Waals surface area contributed by atoms with E-state index in [1.165, 1.54) is 19.3 Å². The average molecular weight is 338 g/mol. The molecule has 0 atom stereocenters. The quantitative estimate of drug-likeness (QED) is 0.918. The Hall–Kier alpha value is -2.63. The molecule has 1 saturated heterocycles. The smallest absolute Gasteiger partial charge is 0.321 e. The Morgan fingerprint density at radius 2 is 1.96 bits per heavy atom. The Morgan fingerprint density at radius 1 is 1.08 bits per heavy atom. The van der Waals surface area contributed by atoms with Crippen LogP contribution < -0.4 is 10.2 Å². The molecule has 6 nitrogen and oxygen atoms in total. The first kappa shape index (κ1) is 15.9. The van der Waals surface area contributed by atoms with Gasteiger partial charge in [-0.3, -0.25) is 4.90 Å². The largest absolute Gasteiger partial charge is 0.338 e. The molecule has 0 radical (unpaired) electrons. The molecule has 0 spiro atoms. The lowest BCUT2D eigenvalue weighted by Gasteiger charge is -2.27. The monoisotopic (exact) mass is 338 g/mol. The van der Waals surface area contributed by atoms with E-state index in [1.54, 1.807) is 4.90 Å². The molecule has 0 saturated carbocycles. The fourth-order valence-corrected chi connectivity index (χ4v) is 3.35. The van der Waals surface area contributed by atoms with E-state index in [0.717, 1.165) is 49.2 Å². The van der Waals surface area contributed by atoms with E-state index in [4.69, 9.17) is 4.52 Å². The second-order valence-corrected chi connectivity index (χ2v) is 6.54. The summed E-state index contributed by atoms with van der Waals surface area (Å²) >= 11 is 0. The van der Waals surface area contributed by atoms with Gasteiger partial charge in [-0.2, -0.15) is 4.98 Å². The maximum Gasteiger partial charge on any atom is 0.321 e. The lowest BCUT2D eigenvalue weighted by molar-refractivity contribution is 0.243. The van der Waals surface area contributed by atoms with Crippen LogP contribution in [0.4, 0.5) is 10.5 Å². The molecule has 4 rings (SSSR count). The molecule has 1 fully saturated rings. The number of anilines is 1. The highest BCUT2D eigenvalue weighted by molar-refractivity contribution is 5.92. The van der Waals surface area contributed by atoms with Crippen LogP contribution in [0.15, 0.2) is 34.9 Å². The number of carbonyl (C=O) groups is 1. The summed E-state index contributed by atoms with van der Waals surface area (Å²) in [7, 11) is 0. The first-order chi connectivity index (χ1) is 12.3. The number of nitrogens with one attached hydrogen (secondary N) is 1. The first-order valence-electron chi connectivity index (χ1n) is 9.00. The van der Waals surface area contributed by atoms with Gasteiger partial charge >= 0.3 is 6.03 Å². The molecule has 1 aliphatic carbocycles. The van der Waals surface area contributed by atoms with Crippen molar-refractivity contribution in [3.05, 3.63) is 36.2 Å². The van der Waals surface area contributed by atoms with E-state index in [2.05, 4.69) is 21.5 Å². The number of allylic oxidation sites excluding steroid dienone is 2. The van der Waals surface area contributed by atoms with Crippen molar-refractivity contribution in [2.75, 3.05) is 18.0 Å². The number of nitrogens with zero attached hydrogens (tertiary/aromatic N) is 3. The van der Waals surface area contributed by atoms with Gasteiger partial charge in [-0.25, -0.2) is 4.79 Å². The van der Waals surface area contributed by atoms with Crippen LogP contribution in [-0.2, 0) is 0 Å². The molecule has 1 aromatic carbocycles. The molecule has 1 aromatic heterocycles. The summed E-state index contributed by atoms with van der Waals surface area (Å²) in [5.74, 6) is 1.23. The fraction of sp³-hybridized carbons (Fsp3) is 0.421. The van der Waals surface area contributed by atoms with E-state index in [1.807, 2.05) is 24.3 Å². The highest BCUT2D eigenvalue weighted by Crippen LogP contribution is 2.27. The molecule has 2 aliphatic rings. The Kier molecular flexibility index (Phi) is 4.50. The first-order valence-corrected chi connectivity index (χ1v) is 9.00. The van der Waals surface area contributed by atoms with Gasteiger partial charge in [0.1, 0.15) is 0 Å². The topological polar surface area (TPSA) is 71.3 Å². The molecule has 6 heteroatoms. The van der Waals surface area contributed by atoms with Gasteiger partial charge in [0.05, 0.1) is 0 Å². The molecular weight excluding hydrogens is 316 g/mol. The minimum Gasteiger partial charge on any atom is -0.338 e. The molecule has 25 heavy (non-hydrogen) atoms. The van der Waals surface area contributed by atoms with Crippen LogP contribution in [0.25, 0.3) is 17.0 Å². The molecule has 2 heterocycles. The third-order valence-corrected chi connectivity index (χ3v) is 4.76. The molecule has 130 valence electrons. The number of hydrogen-bond acceptors (Lipinski definition) is 4. The summed E-state index contributed by atoms with van der Waals surface area (Å²) in [6, 6.07) is 7.70. The Labute approximate surface area is 146 Å². The van der Waals surface area contributed by atoms with Gasteiger partial charge in [0.25, 0.3) is 5.89 Å². The van der Waals surface area contributed by atoms with E-state index in [0.29, 0.717) is 11.7 Å². The maximum atomic E-state index is 11.9. The maximum absolute atomic E-state index is 11.9. The Bertz CT molecular complexity index is 779. The van der Waals surface area contributed by atoms with Gasteiger partial charge < -0.3 is 9.84 Å². The van der Waals surface area contributed by atoms with Gasteiger partial charge in [-0.1, -0.05) is 17.7 Å². The van der Waals surface area contributed by atoms with Crippen LogP contribution >= 0.6 is 0 Å². The van der Waals surface area contributed by atoms with Crippen LogP contribution in [-0.4, -0.2) is 29.3 Å². The van der Waals surface area contributed by atoms with Crippen LogP contribution in [0.5, 0.6) is 0 Å². The summed E-state index contributed by atoms with van der Waals surface area (Å²) in [4.78, 5) is 18.2. The number of rotatable bonds is 3. The number of benzene rings is 1. The van der Waals surface area contributed by atoms with Gasteiger partial charge in [-0.05, 0) is 56.4 Å². The van der Waals surface area contributed by atoms with E-state index < -0.39 is 0 Å². The fourth-order valence-electron chi connectivity index (χ4n) is 3.35. The van der Waals surface area contributed by atoms with Crippen molar-refractivity contribution < 1.29 is 9.32 Å². The average Bonchev–Trinajstić information content (AvgIpc) is 2.98. The third kappa shape index (κ3) is 3.43. The minimum absolute atomic E-state index is 0.0406. The summed E-state index contributed by atoms with van der Waals surface area (Å²) < 4.78 is 5.47. The zero-order valence-corrected chi connectivity index (χ0v) is 14.2. The lowest BCUT2D eigenvalue weighted by Crippen LogP contribution is -2.46. The SMILES string of the molecule is O=C1NCCCN1c1ccc(-c2noc(C3=CCCCCC3)n2)cc1. The van der Waals surface area contributed by atoms with Crippen molar-refractivity contribution in [3.8, 4) is 11.4 Å². The standard InChI is InChI=1S/C19H22N4O2/c24-19-20-12-5-13-23(19)16-10-8-14(9-11-16)17-21-18(25-22-17)15-6-3-1-2-4-7-15/h6,8-11H,1-5,7,12-13H2,(H,20,24).